The number of rotatable bonds is 6. The van der Waals surface area contributed by atoms with Crippen LogP contribution in [-0.4, -0.2) is 22.3 Å². The molecule has 1 aromatic heterocycles. The third-order valence-corrected chi connectivity index (χ3v) is 5.15. The molecule has 0 aliphatic carbocycles. The van der Waals surface area contributed by atoms with Crippen molar-refractivity contribution in [2.24, 2.45) is 11.7 Å². The minimum Gasteiger partial charge on any atom is -0.325 e. The van der Waals surface area contributed by atoms with Crippen LogP contribution in [0.15, 0.2) is 23.6 Å². The number of anilines is 1. The molecule has 0 bridgehead atoms. The average molecular weight is 417 g/mol. The fourth-order valence-electron chi connectivity index (χ4n) is 2.90. The third kappa shape index (κ3) is 5.41. The van der Waals surface area contributed by atoms with E-state index in [9.17, 15) is 4.79 Å². The third-order valence-electron chi connectivity index (χ3n) is 4.28. The second kappa shape index (κ2) is 10.2. The number of benzene rings is 1. The molecule has 8 heteroatoms. The number of carbonyl (C=O) groups excluding carboxylic acids is 1. The highest BCUT2D eigenvalue weighted by atomic mass is 35.5. The van der Waals surface area contributed by atoms with Crippen LogP contribution in [-0.2, 0) is 19.6 Å². The van der Waals surface area contributed by atoms with E-state index in [1.807, 2.05) is 12.1 Å². The Balaban J connectivity index is 0.00000169. The van der Waals surface area contributed by atoms with E-state index in [1.165, 1.54) is 28.9 Å². The molecule has 0 saturated carbocycles. The number of nitrogens with two attached hydrogens (primary N) is 1. The van der Waals surface area contributed by atoms with Gasteiger partial charge in [0.05, 0.1) is 0 Å². The Morgan fingerprint density at radius 2 is 2.12 bits per heavy atom. The molecule has 0 fully saturated rings. The van der Waals surface area contributed by atoms with Gasteiger partial charge in [-0.1, -0.05) is 26.0 Å². The maximum atomic E-state index is 12.4. The normalized spacial score (nSPS) is 13.1. The van der Waals surface area contributed by atoms with E-state index in [2.05, 4.69) is 35.1 Å². The molecule has 26 heavy (non-hydrogen) atoms. The van der Waals surface area contributed by atoms with Crippen molar-refractivity contribution in [2.45, 2.75) is 39.9 Å². The quantitative estimate of drug-likeness (QED) is 0.744. The van der Waals surface area contributed by atoms with Crippen LogP contribution in [0.25, 0.3) is 0 Å². The zero-order valence-corrected chi connectivity index (χ0v) is 17.5. The topological polar surface area (TPSA) is 71.2 Å². The summed E-state index contributed by atoms with van der Waals surface area (Å²) in [6.45, 7) is 7.80. The van der Waals surface area contributed by atoms with Crippen molar-refractivity contribution in [3.8, 4) is 0 Å². The number of nitrogens with one attached hydrogen (secondary N) is 1. The number of hydrogen-bond donors (Lipinski definition) is 2. The Hall–Kier alpha value is -1.18. The highest BCUT2D eigenvalue weighted by molar-refractivity contribution is 7.09. The van der Waals surface area contributed by atoms with Crippen LogP contribution in [0.5, 0.6) is 0 Å². The van der Waals surface area contributed by atoms with E-state index < -0.39 is 0 Å². The van der Waals surface area contributed by atoms with Crippen LogP contribution in [0.3, 0.4) is 0 Å². The summed E-state index contributed by atoms with van der Waals surface area (Å²) >= 11 is 1.42. The Morgan fingerprint density at radius 1 is 1.35 bits per heavy atom. The Kier molecular flexibility index (Phi) is 9.00. The Morgan fingerprint density at radius 3 is 2.77 bits per heavy atom. The second-order valence-electron chi connectivity index (χ2n) is 6.62. The van der Waals surface area contributed by atoms with E-state index >= 15 is 0 Å². The van der Waals surface area contributed by atoms with Gasteiger partial charge in [0.15, 0.2) is 0 Å². The molecule has 3 rings (SSSR count). The van der Waals surface area contributed by atoms with Crippen molar-refractivity contribution in [2.75, 3.05) is 11.9 Å². The first-order valence-electron chi connectivity index (χ1n) is 8.35. The summed E-state index contributed by atoms with van der Waals surface area (Å²) in [5.74, 6) is 0.536. The lowest BCUT2D eigenvalue weighted by atomic mass is 10.1. The summed E-state index contributed by atoms with van der Waals surface area (Å²) in [5, 5.41) is 5.55. The first-order chi connectivity index (χ1) is 11.6. The van der Waals surface area contributed by atoms with Gasteiger partial charge in [0.25, 0.3) is 5.91 Å². The fourth-order valence-corrected chi connectivity index (χ4v) is 3.56. The Labute approximate surface area is 171 Å². The smallest absolute Gasteiger partial charge is 0.275 e. The van der Waals surface area contributed by atoms with Crippen LogP contribution in [0.4, 0.5) is 5.69 Å². The predicted molar refractivity (Wildman–Crippen MR) is 112 cm³/mol. The molecule has 1 aliphatic heterocycles. The molecule has 0 saturated heterocycles. The lowest BCUT2D eigenvalue weighted by Crippen LogP contribution is -2.19. The molecule has 3 N–H and O–H groups in total. The average Bonchev–Trinajstić information content (AvgIpc) is 3.20. The van der Waals surface area contributed by atoms with Gasteiger partial charge in [0, 0.05) is 30.7 Å². The predicted octanol–water partition coefficient (Wildman–Crippen LogP) is 4.06. The molecule has 5 nitrogen and oxygen atoms in total. The van der Waals surface area contributed by atoms with Gasteiger partial charge in [-0.15, -0.1) is 36.2 Å². The number of amides is 1. The van der Waals surface area contributed by atoms with Gasteiger partial charge in [-0.2, -0.15) is 0 Å². The number of halogens is 2. The molecule has 2 heterocycles. The van der Waals surface area contributed by atoms with E-state index in [-0.39, 0.29) is 30.7 Å². The van der Waals surface area contributed by atoms with Gasteiger partial charge in [-0.25, -0.2) is 4.98 Å². The molecule has 144 valence electrons. The van der Waals surface area contributed by atoms with Crippen LogP contribution < -0.4 is 11.1 Å². The van der Waals surface area contributed by atoms with Gasteiger partial charge >= 0.3 is 0 Å². The second-order valence-corrected chi connectivity index (χ2v) is 7.56. The van der Waals surface area contributed by atoms with Crippen LogP contribution in [0, 0.1) is 5.92 Å². The van der Waals surface area contributed by atoms with Crippen molar-refractivity contribution < 1.29 is 4.79 Å². The van der Waals surface area contributed by atoms with Crippen molar-refractivity contribution >= 4 is 47.7 Å². The molecule has 0 spiro atoms. The van der Waals surface area contributed by atoms with Crippen LogP contribution in [0.2, 0.25) is 0 Å². The molecule has 0 unspecified atom stereocenters. The first-order valence-corrected chi connectivity index (χ1v) is 9.23. The summed E-state index contributed by atoms with van der Waals surface area (Å²) in [4.78, 5) is 19.1. The summed E-state index contributed by atoms with van der Waals surface area (Å²) in [6.07, 6.45) is 1.19. The molecular weight excluding hydrogens is 391 g/mol. The van der Waals surface area contributed by atoms with E-state index in [4.69, 9.17) is 5.73 Å². The molecule has 0 atom stereocenters. The molecule has 0 radical (unpaired) electrons. The molecule has 1 amide bonds. The zero-order chi connectivity index (χ0) is 17.1. The van der Waals surface area contributed by atoms with Gasteiger partial charge in [-0.3, -0.25) is 9.69 Å². The van der Waals surface area contributed by atoms with Gasteiger partial charge < -0.3 is 11.1 Å². The van der Waals surface area contributed by atoms with Crippen LogP contribution in [0.1, 0.15) is 46.9 Å². The van der Waals surface area contributed by atoms with E-state index in [0.717, 1.165) is 30.3 Å². The maximum Gasteiger partial charge on any atom is 0.275 e. The molecular formula is C18H26Cl2N4OS. The number of nitrogens with zero attached hydrogens (tertiary/aromatic N) is 2. The minimum atomic E-state index is -0.167. The largest absolute Gasteiger partial charge is 0.325 e. The number of aromatic nitrogens is 1. The van der Waals surface area contributed by atoms with Gasteiger partial charge in [0.1, 0.15) is 10.7 Å². The number of fused-ring (bicyclic) bond motifs is 1. The summed E-state index contributed by atoms with van der Waals surface area (Å²) in [6, 6.07) is 6.13. The van der Waals surface area contributed by atoms with Crippen LogP contribution >= 0.6 is 36.2 Å². The van der Waals surface area contributed by atoms with Gasteiger partial charge in [0.2, 0.25) is 0 Å². The number of thiazole rings is 1. The minimum absolute atomic E-state index is 0. The summed E-state index contributed by atoms with van der Waals surface area (Å²) in [5.41, 5.74) is 9.43. The maximum absolute atomic E-state index is 12.4. The van der Waals surface area contributed by atoms with Crippen molar-refractivity contribution in [3.63, 3.8) is 0 Å². The van der Waals surface area contributed by atoms with E-state index in [1.54, 1.807) is 5.38 Å². The highest BCUT2D eigenvalue weighted by Crippen LogP contribution is 2.30. The van der Waals surface area contributed by atoms with Crippen molar-refractivity contribution in [1.29, 1.82) is 0 Å². The monoisotopic (exact) mass is 416 g/mol. The van der Waals surface area contributed by atoms with E-state index in [0.29, 0.717) is 18.2 Å². The highest BCUT2D eigenvalue weighted by Gasteiger charge is 2.22. The molecule has 1 aromatic carbocycles. The SMILES string of the molecule is CC(C)CCN1Cc2cccc(NC(=O)c3csc(CN)n3)c2C1.Cl.Cl. The summed E-state index contributed by atoms with van der Waals surface area (Å²) in [7, 11) is 0. The first kappa shape index (κ1) is 22.9. The molecule has 2 aromatic rings. The number of carbonyl (C=O) groups is 1. The van der Waals surface area contributed by atoms with Gasteiger partial charge in [-0.05, 0) is 36.1 Å². The summed E-state index contributed by atoms with van der Waals surface area (Å²) < 4.78 is 0. The molecule has 1 aliphatic rings. The number of hydrogen-bond acceptors (Lipinski definition) is 5. The lowest BCUT2D eigenvalue weighted by Gasteiger charge is -2.16. The van der Waals surface area contributed by atoms with Crippen molar-refractivity contribution in [3.05, 3.63) is 45.4 Å². The zero-order valence-electron chi connectivity index (χ0n) is 15.0. The fraction of sp³-hybridized carbons (Fsp3) is 0.444. The van der Waals surface area contributed by atoms with Crippen molar-refractivity contribution in [1.82, 2.24) is 9.88 Å². The Bertz CT molecular complexity index is 736. The standard InChI is InChI=1S/C18H24N4OS.2ClH/c1-12(2)6-7-22-9-13-4-3-5-15(14(13)10-22)21-18(23)16-11-24-17(8-19)20-16;;/h3-5,11-12H,6-10,19H2,1-2H3,(H,21,23);2*1H. The lowest BCUT2D eigenvalue weighted by molar-refractivity contribution is 0.102.